The molecule has 2 rings (SSSR count). The van der Waals surface area contributed by atoms with Crippen molar-refractivity contribution < 1.29 is 9.21 Å². The average Bonchev–Trinajstić information content (AvgIpc) is 2.83. The first-order chi connectivity index (χ1) is 9.58. The number of nitrogens with zero attached hydrogens (tertiary/aromatic N) is 2. The molecule has 0 aliphatic heterocycles. The van der Waals surface area contributed by atoms with Gasteiger partial charge in [-0.2, -0.15) is 0 Å². The van der Waals surface area contributed by atoms with E-state index in [-0.39, 0.29) is 5.91 Å². The topological polar surface area (TPSA) is 68.0 Å². The fourth-order valence-electron chi connectivity index (χ4n) is 1.76. The largest absolute Gasteiger partial charge is 0.466 e. The number of thioether (sulfide) groups is 1. The lowest BCUT2D eigenvalue weighted by molar-refractivity contribution is 0.0947. The Morgan fingerprint density at radius 1 is 1.35 bits per heavy atom. The van der Waals surface area contributed by atoms with Gasteiger partial charge in [-0.3, -0.25) is 4.79 Å². The van der Waals surface area contributed by atoms with Crippen molar-refractivity contribution >= 4 is 17.7 Å². The molecule has 1 amide bonds. The van der Waals surface area contributed by atoms with E-state index in [0.717, 1.165) is 17.2 Å². The van der Waals surface area contributed by atoms with Gasteiger partial charge in [0.05, 0.1) is 0 Å². The quantitative estimate of drug-likeness (QED) is 0.676. The van der Waals surface area contributed by atoms with Gasteiger partial charge in [0.1, 0.15) is 17.2 Å². The van der Waals surface area contributed by atoms with Crippen LogP contribution >= 0.6 is 11.8 Å². The summed E-state index contributed by atoms with van der Waals surface area (Å²) in [6.07, 6.45) is 2.55. The maximum absolute atomic E-state index is 12.0. The highest BCUT2D eigenvalue weighted by Gasteiger charge is 2.10. The van der Waals surface area contributed by atoms with Gasteiger partial charge in [0.15, 0.2) is 5.16 Å². The van der Waals surface area contributed by atoms with Crippen LogP contribution in [0.5, 0.6) is 0 Å². The number of carbonyl (C=O) groups excluding carboxylic acids is 1. The van der Waals surface area contributed by atoms with Crippen LogP contribution in [0.1, 0.15) is 27.7 Å². The first kappa shape index (κ1) is 14.6. The molecular weight excluding hydrogens is 274 g/mol. The number of carbonyl (C=O) groups is 1. The second kappa shape index (κ2) is 6.56. The summed E-state index contributed by atoms with van der Waals surface area (Å²) in [5, 5.41) is 3.44. The van der Waals surface area contributed by atoms with Crippen LogP contribution in [-0.2, 0) is 6.42 Å². The average molecular weight is 291 g/mol. The molecule has 0 saturated heterocycles. The summed E-state index contributed by atoms with van der Waals surface area (Å²) in [5.41, 5.74) is 1.19. The van der Waals surface area contributed by atoms with Gasteiger partial charge in [-0.05, 0) is 38.3 Å². The third kappa shape index (κ3) is 3.84. The first-order valence-electron chi connectivity index (χ1n) is 6.31. The van der Waals surface area contributed by atoms with Crippen molar-refractivity contribution in [2.75, 3.05) is 12.8 Å². The van der Waals surface area contributed by atoms with Crippen LogP contribution in [0.3, 0.4) is 0 Å². The lowest BCUT2D eigenvalue weighted by Crippen LogP contribution is -2.26. The summed E-state index contributed by atoms with van der Waals surface area (Å²) in [4.78, 5) is 20.4. The number of rotatable bonds is 5. The third-order valence-corrected chi connectivity index (χ3v) is 3.25. The van der Waals surface area contributed by atoms with Gasteiger partial charge >= 0.3 is 0 Å². The maximum Gasteiger partial charge on any atom is 0.270 e. The monoisotopic (exact) mass is 291 g/mol. The highest BCUT2D eigenvalue weighted by atomic mass is 32.2. The van der Waals surface area contributed by atoms with Gasteiger partial charge < -0.3 is 9.73 Å². The number of aromatic nitrogens is 2. The van der Waals surface area contributed by atoms with Gasteiger partial charge in [0, 0.05) is 18.7 Å². The molecule has 2 heterocycles. The number of hydrogen-bond acceptors (Lipinski definition) is 5. The van der Waals surface area contributed by atoms with Crippen molar-refractivity contribution in [3.8, 4) is 0 Å². The highest BCUT2D eigenvalue weighted by molar-refractivity contribution is 7.98. The van der Waals surface area contributed by atoms with E-state index < -0.39 is 0 Å². The molecule has 2 aromatic rings. The molecule has 0 saturated carbocycles. The fraction of sp³-hybridized carbons (Fsp3) is 0.357. The SMILES string of the molecule is CSc1nc(C)cc(C(=O)NCCc2ccc(C)o2)n1. The third-order valence-electron chi connectivity index (χ3n) is 2.70. The van der Waals surface area contributed by atoms with Crippen molar-refractivity contribution in [3.63, 3.8) is 0 Å². The van der Waals surface area contributed by atoms with Gasteiger partial charge in [0.25, 0.3) is 5.91 Å². The van der Waals surface area contributed by atoms with Gasteiger partial charge in [-0.15, -0.1) is 0 Å². The molecule has 1 N–H and O–H groups in total. The Morgan fingerprint density at radius 3 is 2.80 bits per heavy atom. The number of amides is 1. The molecule has 0 aliphatic rings. The number of aryl methyl sites for hydroxylation is 2. The molecule has 0 aromatic carbocycles. The van der Waals surface area contributed by atoms with E-state index in [2.05, 4.69) is 15.3 Å². The molecule has 2 aromatic heterocycles. The summed E-state index contributed by atoms with van der Waals surface area (Å²) >= 11 is 1.42. The lowest BCUT2D eigenvalue weighted by Gasteiger charge is -2.05. The van der Waals surface area contributed by atoms with Crippen LogP contribution in [0, 0.1) is 13.8 Å². The van der Waals surface area contributed by atoms with Gasteiger partial charge in [0.2, 0.25) is 0 Å². The second-order valence-corrected chi connectivity index (χ2v) is 5.17. The first-order valence-corrected chi connectivity index (χ1v) is 7.54. The molecule has 6 heteroatoms. The molecule has 20 heavy (non-hydrogen) atoms. The van der Waals surface area contributed by atoms with E-state index in [1.54, 1.807) is 6.07 Å². The number of nitrogens with one attached hydrogen (secondary N) is 1. The lowest BCUT2D eigenvalue weighted by atomic mass is 10.3. The summed E-state index contributed by atoms with van der Waals surface area (Å²) in [6.45, 7) is 4.27. The van der Waals surface area contributed by atoms with E-state index in [4.69, 9.17) is 4.42 Å². The van der Waals surface area contributed by atoms with E-state index in [0.29, 0.717) is 23.8 Å². The Kier molecular flexibility index (Phi) is 4.79. The fourth-order valence-corrected chi connectivity index (χ4v) is 2.18. The van der Waals surface area contributed by atoms with Crippen molar-refractivity contribution in [2.24, 2.45) is 0 Å². The van der Waals surface area contributed by atoms with Crippen molar-refractivity contribution in [2.45, 2.75) is 25.4 Å². The minimum atomic E-state index is -0.186. The van der Waals surface area contributed by atoms with Crippen LogP contribution in [0.15, 0.2) is 27.8 Å². The maximum atomic E-state index is 12.0. The summed E-state index contributed by atoms with van der Waals surface area (Å²) in [5.74, 6) is 1.56. The van der Waals surface area contributed by atoms with Crippen molar-refractivity contribution in [3.05, 3.63) is 41.1 Å². The zero-order valence-electron chi connectivity index (χ0n) is 11.8. The van der Waals surface area contributed by atoms with Crippen LogP contribution in [0.25, 0.3) is 0 Å². The second-order valence-electron chi connectivity index (χ2n) is 4.40. The van der Waals surface area contributed by atoms with E-state index >= 15 is 0 Å². The zero-order chi connectivity index (χ0) is 14.5. The Labute approximate surface area is 122 Å². The molecule has 0 bridgehead atoms. The van der Waals surface area contributed by atoms with Crippen LogP contribution in [0.2, 0.25) is 0 Å². The standard InChI is InChI=1S/C14H17N3O2S/c1-9-8-12(17-14(16-9)20-3)13(18)15-7-6-11-5-4-10(2)19-11/h4-5,8H,6-7H2,1-3H3,(H,15,18). The molecule has 0 radical (unpaired) electrons. The molecule has 0 unspecified atom stereocenters. The van der Waals surface area contributed by atoms with E-state index in [1.807, 2.05) is 32.2 Å². The molecular formula is C14H17N3O2S. The van der Waals surface area contributed by atoms with Crippen LogP contribution in [0.4, 0.5) is 0 Å². The highest BCUT2D eigenvalue weighted by Crippen LogP contribution is 2.10. The summed E-state index contributed by atoms with van der Waals surface area (Å²) < 4.78 is 5.45. The van der Waals surface area contributed by atoms with E-state index in [9.17, 15) is 4.79 Å². The predicted octanol–water partition coefficient (Wildman–Crippen LogP) is 2.38. The Hall–Kier alpha value is -1.82. The number of furan rings is 1. The van der Waals surface area contributed by atoms with Crippen molar-refractivity contribution in [1.82, 2.24) is 15.3 Å². The zero-order valence-corrected chi connectivity index (χ0v) is 12.6. The van der Waals surface area contributed by atoms with Crippen molar-refractivity contribution in [1.29, 1.82) is 0 Å². The van der Waals surface area contributed by atoms with Gasteiger partial charge in [-0.1, -0.05) is 11.8 Å². The number of hydrogen-bond donors (Lipinski definition) is 1. The van der Waals surface area contributed by atoms with E-state index in [1.165, 1.54) is 11.8 Å². The Bertz CT molecular complexity index is 610. The predicted molar refractivity (Wildman–Crippen MR) is 78.0 cm³/mol. The molecule has 0 spiro atoms. The Morgan fingerprint density at radius 2 is 2.15 bits per heavy atom. The van der Waals surface area contributed by atoms with Crippen LogP contribution in [-0.4, -0.2) is 28.7 Å². The molecule has 0 fully saturated rings. The summed E-state index contributed by atoms with van der Waals surface area (Å²) in [6, 6.07) is 5.52. The molecule has 0 atom stereocenters. The smallest absolute Gasteiger partial charge is 0.270 e. The minimum Gasteiger partial charge on any atom is -0.466 e. The molecule has 5 nitrogen and oxygen atoms in total. The van der Waals surface area contributed by atoms with Gasteiger partial charge in [-0.25, -0.2) is 9.97 Å². The summed E-state index contributed by atoms with van der Waals surface area (Å²) in [7, 11) is 0. The minimum absolute atomic E-state index is 0.186. The molecule has 0 aliphatic carbocycles. The van der Waals surface area contributed by atoms with Crippen LogP contribution < -0.4 is 5.32 Å². The Balaban J connectivity index is 1.93. The normalized spacial score (nSPS) is 10.6. The molecule has 106 valence electrons.